The van der Waals surface area contributed by atoms with Gasteiger partial charge in [0.25, 0.3) is 5.91 Å². The van der Waals surface area contributed by atoms with Gasteiger partial charge in [0.05, 0.1) is 4.91 Å². The lowest BCUT2D eigenvalue weighted by Gasteiger charge is -2.11. The van der Waals surface area contributed by atoms with E-state index in [0.717, 1.165) is 17.0 Å². The summed E-state index contributed by atoms with van der Waals surface area (Å²) < 4.78 is 10.7. The van der Waals surface area contributed by atoms with Crippen LogP contribution in [-0.4, -0.2) is 34.3 Å². The van der Waals surface area contributed by atoms with Gasteiger partial charge in [0.2, 0.25) is 6.79 Å². The molecule has 4 rings (SSSR count). The number of aromatic nitrogens is 1. The lowest BCUT2D eigenvalue weighted by atomic mass is 10.2. The Kier molecular flexibility index (Phi) is 4.38. The summed E-state index contributed by atoms with van der Waals surface area (Å²) in [6, 6.07) is 11.3. The number of nitrogens with zero attached hydrogens (tertiary/aromatic N) is 3. The molecule has 1 aromatic carbocycles. The Balaban J connectivity index is 1.65. The molecule has 0 atom stereocenters. The Morgan fingerprint density at radius 3 is 2.92 bits per heavy atom. The third-order valence-corrected chi connectivity index (χ3v) is 4.99. The molecule has 7 heteroatoms. The monoisotopic (exact) mass is 367 g/mol. The minimum absolute atomic E-state index is 0.0541. The number of ether oxygens (including phenoxy) is 2. The van der Waals surface area contributed by atoms with Gasteiger partial charge in [0, 0.05) is 12.2 Å². The van der Waals surface area contributed by atoms with Crippen molar-refractivity contribution < 1.29 is 14.3 Å². The first-order chi connectivity index (χ1) is 12.6. The number of carbonyl (C=O) groups is 1. The van der Waals surface area contributed by atoms with Crippen LogP contribution in [0, 0.1) is 6.92 Å². The van der Waals surface area contributed by atoms with Crippen LogP contribution in [0.1, 0.15) is 18.2 Å². The third-order valence-electron chi connectivity index (χ3n) is 3.98. The summed E-state index contributed by atoms with van der Waals surface area (Å²) in [6.45, 7) is 4.63. The molecule has 1 fully saturated rings. The van der Waals surface area contributed by atoms with Crippen LogP contribution in [0.2, 0.25) is 0 Å². The molecular weight excluding hydrogens is 350 g/mol. The van der Waals surface area contributed by atoms with Crippen LogP contribution >= 0.6 is 11.8 Å². The lowest BCUT2D eigenvalue weighted by molar-refractivity contribution is -0.122. The van der Waals surface area contributed by atoms with Crippen LogP contribution in [0.25, 0.3) is 6.08 Å². The molecule has 2 aliphatic heterocycles. The fourth-order valence-electron chi connectivity index (χ4n) is 2.71. The number of carbonyl (C=O) groups excluding carboxylic acids is 1. The highest BCUT2D eigenvalue weighted by Crippen LogP contribution is 2.36. The molecule has 0 N–H and O–H groups in total. The molecule has 3 heterocycles. The molecule has 6 nitrogen and oxygen atoms in total. The Bertz CT molecular complexity index is 939. The van der Waals surface area contributed by atoms with E-state index in [0.29, 0.717) is 28.2 Å². The van der Waals surface area contributed by atoms with Gasteiger partial charge in [0.1, 0.15) is 0 Å². The van der Waals surface area contributed by atoms with Gasteiger partial charge in [-0.25, -0.2) is 9.98 Å². The standard InChI is InChI=1S/C19H17N3O3S/c1-3-22-18(23)16(10-13-7-8-14-15(9-13)25-11-24-14)26-19(22)21-17-6-4-5-12(2)20-17/h4-10H,3,11H2,1-2H3/b16-10-,21-19+. The first-order valence-electron chi connectivity index (χ1n) is 8.27. The second-order valence-corrected chi connectivity index (χ2v) is 6.81. The zero-order valence-corrected chi connectivity index (χ0v) is 15.2. The summed E-state index contributed by atoms with van der Waals surface area (Å²) in [5, 5.41) is 0.641. The van der Waals surface area contributed by atoms with Crippen molar-refractivity contribution in [3.63, 3.8) is 0 Å². The highest BCUT2D eigenvalue weighted by molar-refractivity contribution is 8.18. The topological polar surface area (TPSA) is 64.0 Å². The first-order valence-corrected chi connectivity index (χ1v) is 9.09. The van der Waals surface area contributed by atoms with Gasteiger partial charge in [0.15, 0.2) is 22.5 Å². The third kappa shape index (κ3) is 3.17. The number of thioether (sulfide) groups is 1. The number of rotatable bonds is 3. The second kappa shape index (κ2) is 6.84. The number of fused-ring (bicyclic) bond motifs is 1. The van der Waals surface area contributed by atoms with Crippen molar-refractivity contribution in [2.45, 2.75) is 13.8 Å². The Hall–Kier alpha value is -2.80. The molecule has 0 bridgehead atoms. The van der Waals surface area contributed by atoms with Crippen molar-refractivity contribution in [2.24, 2.45) is 4.99 Å². The predicted octanol–water partition coefficient (Wildman–Crippen LogP) is 3.74. The van der Waals surface area contributed by atoms with Gasteiger partial charge < -0.3 is 9.47 Å². The number of hydrogen-bond acceptors (Lipinski definition) is 6. The molecule has 1 aromatic heterocycles. The van der Waals surface area contributed by atoms with E-state index in [-0.39, 0.29) is 12.7 Å². The average Bonchev–Trinajstić information content (AvgIpc) is 3.19. The minimum atomic E-state index is -0.0541. The number of aryl methyl sites for hydroxylation is 1. The van der Waals surface area contributed by atoms with Crippen molar-refractivity contribution in [3.05, 3.63) is 52.6 Å². The van der Waals surface area contributed by atoms with E-state index < -0.39 is 0 Å². The average molecular weight is 367 g/mol. The number of aliphatic imine (C=N–C) groups is 1. The summed E-state index contributed by atoms with van der Waals surface area (Å²) in [7, 11) is 0. The van der Waals surface area contributed by atoms with E-state index in [2.05, 4.69) is 9.98 Å². The summed E-state index contributed by atoms with van der Waals surface area (Å²) in [4.78, 5) is 24.0. The largest absolute Gasteiger partial charge is 0.454 e. The van der Waals surface area contributed by atoms with Gasteiger partial charge in [-0.15, -0.1) is 0 Å². The number of likely N-dealkylation sites (N-methyl/N-ethyl adjacent to an activating group) is 1. The first kappa shape index (κ1) is 16.7. The summed E-state index contributed by atoms with van der Waals surface area (Å²) in [5.41, 5.74) is 1.77. The minimum Gasteiger partial charge on any atom is -0.454 e. The molecule has 1 amide bonds. The normalized spacial score (nSPS) is 19.0. The van der Waals surface area contributed by atoms with Gasteiger partial charge in [-0.05, 0) is 61.5 Å². The molecule has 0 spiro atoms. The summed E-state index contributed by atoms with van der Waals surface area (Å²) in [6.07, 6.45) is 1.85. The van der Waals surface area contributed by atoms with Gasteiger partial charge in [-0.2, -0.15) is 0 Å². The number of benzene rings is 1. The smallest absolute Gasteiger partial charge is 0.266 e. The number of amides is 1. The molecule has 2 aromatic rings. The van der Waals surface area contributed by atoms with E-state index >= 15 is 0 Å². The Labute approximate surface area is 155 Å². The van der Waals surface area contributed by atoms with Crippen LogP contribution in [0.5, 0.6) is 11.5 Å². The highest BCUT2D eigenvalue weighted by Gasteiger charge is 2.32. The maximum atomic E-state index is 12.7. The van der Waals surface area contributed by atoms with Crippen LogP contribution in [-0.2, 0) is 4.79 Å². The Morgan fingerprint density at radius 2 is 2.12 bits per heavy atom. The summed E-state index contributed by atoms with van der Waals surface area (Å²) in [5.74, 6) is 1.96. The molecule has 0 radical (unpaired) electrons. The fraction of sp³-hybridized carbons (Fsp3) is 0.211. The summed E-state index contributed by atoms with van der Waals surface area (Å²) >= 11 is 1.36. The molecule has 1 saturated heterocycles. The van der Waals surface area contributed by atoms with Crippen LogP contribution < -0.4 is 9.47 Å². The van der Waals surface area contributed by atoms with E-state index in [9.17, 15) is 4.79 Å². The molecule has 0 unspecified atom stereocenters. The van der Waals surface area contributed by atoms with E-state index in [4.69, 9.17) is 9.47 Å². The molecule has 0 aliphatic carbocycles. The highest BCUT2D eigenvalue weighted by atomic mass is 32.2. The maximum Gasteiger partial charge on any atom is 0.266 e. The fourth-order valence-corrected chi connectivity index (χ4v) is 3.76. The van der Waals surface area contributed by atoms with Crippen molar-refractivity contribution in [2.75, 3.05) is 13.3 Å². The van der Waals surface area contributed by atoms with E-state index in [1.54, 1.807) is 4.90 Å². The zero-order valence-electron chi connectivity index (χ0n) is 14.4. The SMILES string of the molecule is CCN1C(=O)/C(=C/c2ccc3c(c2)OCO3)S/C1=N/c1cccc(C)n1. The van der Waals surface area contributed by atoms with Crippen LogP contribution in [0.4, 0.5) is 5.82 Å². The quantitative estimate of drug-likeness (QED) is 0.773. The van der Waals surface area contributed by atoms with Crippen molar-refractivity contribution in [1.82, 2.24) is 9.88 Å². The van der Waals surface area contributed by atoms with Crippen molar-refractivity contribution in [3.8, 4) is 11.5 Å². The van der Waals surface area contributed by atoms with E-state index in [1.807, 2.05) is 56.3 Å². The number of amidine groups is 1. The number of pyridine rings is 1. The Morgan fingerprint density at radius 1 is 1.27 bits per heavy atom. The van der Waals surface area contributed by atoms with Gasteiger partial charge in [-0.3, -0.25) is 9.69 Å². The molecule has 26 heavy (non-hydrogen) atoms. The van der Waals surface area contributed by atoms with Crippen LogP contribution in [0.15, 0.2) is 46.3 Å². The van der Waals surface area contributed by atoms with Crippen LogP contribution in [0.3, 0.4) is 0 Å². The molecule has 0 saturated carbocycles. The van der Waals surface area contributed by atoms with Crippen molar-refractivity contribution in [1.29, 1.82) is 0 Å². The molecule has 132 valence electrons. The van der Waals surface area contributed by atoms with E-state index in [1.165, 1.54) is 11.8 Å². The van der Waals surface area contributed by atoms with Crippen molar-refractivity contribution >= 4 is 34.7 Å². The maximum absolute atomic E-state index is 12.7. The number of hydrogen-bond donors (Lipinski definition) is 0. The van der Waals surface area contributed by atoms with Gasteiger partial charge in [-0.1, -0.05) is 12.1 Å². The second-order valence-electron chi connectivity index (χ2n) is 5.80. The zero-order chi connectivity index (χ0) is 18.1. The molecular formula is C19H17N3O3S. The predicted molar refractivity (Wildman–Crippen MR) is 102 cm³/mol. The lowest BCUT2D eigenvalue weighted by Crippen LogP contribution is -2.28. The van der Waals surface area contributed by atoms with Gasteiger partial charge >= 0.3 is 0 Å². The molecule has 2 aliphatic rings.